The van der Waals surface area contributed by atoms with Crippen LogP contribution in [0.1, 0.15) is 12.8 Å². The van der Waals surface area contributed by atoms with Gasteiger partial charge < -0.3 is 0 Å². The summed E-state index contributed by atoms with van der Waals surface area (Å²) in [5.74, 6) is 0.837. The third-order valence-electron chi connectivity index (χ3n) is 1.71. The molecular formula is C7H11FS. The lowest BCUT2D eigenvalue weighted by molar-refractivity contribution is 0.280. The van der Waals surface area contributed by atoms with E-state index in [1.807, 2.05) is 6.08 Å². The van der Waals surface area contributed by atoms with E-state index in [1.165, 1.54) is 0 Å². The number of allylic oxidation sites excluding steroid dienone is 2. The maximum absolute atomic E-state index is 12.7. The van der Waals surface area contributed by atoms with E-state index in [1.54, 1.807) is 6.08 Å². The number of hydrogen-bond acceptors (Lipinski definition) is 1. The summed E-state index contributed by atoms with van der Waals surface area (Å²) in [6, 6.07) is 0. The lowest BCUT2D eigenvalue weighted by atomic mass is 9.95. The van der Waals surface area contributed by atoms with Crippen LogP contribution in [0.4, 0.5) is 4.39 Å². The van der Waals surface area contributed by atoms with Crippen LogP contribution in [0, 0.1) is 5.92 Å². The Kier molecular flexibility index (Phi) is 2.58. The molecule has 0 spiro atoms. The summed E-state index contributed by atoms with van der Waals surface area (Å²) in [5.41, 5.74) is 0. The topological polar surface area (TPSA) is 0 Å². The molecule has 9 heavy (non-hydrogen) atoms. The molecule has 1 aliphatic carbocycles. The zero-order valence-electron chi connectivity index (χ0n) is 5.26. The molecule has 0 heterocycles. The Morgan fingerprint density at radius 2 is 2.44 bits per heavy atom. The van der Waals surface area contributed by atoms with Gasteiger partial charge in [-0.25, -0.2) is 4.39 Å². The van der Waals surface area contributed by atoms with E-state index in [-0.39, 0.29) is 5.92 Å². The van der Waals surface area contributed by atoms with Crippen molar-refractivity contribution >= 4 is 12.6 Å². The zero-order chi connectivity index (χ0) is 6.69. The van der Waals surface area contributed by atoms with E-state index in [2.05, 4.69) is 12.6 Å². The molecule has 0 saturated heterocycles. The van der Waals surface area contributed by atoms with Gasteiger partial charge in [-0.15, -0.1) is 0 Å². The molecule has 0 bridgehead atoms. The summed E-state index contributed by atoms with van der Waals surface area (Å²) >= 11 is 4.05. The third kappa shape index (κ3) is 1.71. The fourth-order valence-electron chi connectivity index (χ4n) is 1.04. The van der Waals surface area contributed by atoms with Gasteiger partial charge in [0.25, 0.3) is 0 Å². The predicted molar refractivity (Wildman–Crippen MR) is 40.6 cm³/mol. The Labute approximate surface area is 60.6 Å². The SMILES string of the molecule is FC1C=CCCC1CS. The normalized spacial score (nSPS) is 34.9. The zero-order valence-corrected chi connectivity index (χ0v) is 6.15. The summed E-state index contributed by atoms with van der Waals surface area (Å²) < 4.78 is 12.7. The van der Waals surface area contributed by atoms with Crippen molar-refractivity contribution in [2.75, 3.05) is 5.75 Å². The van der Waals surface area contributed by atoms with Crippen molar-refractivity contribution in [2.24, 2.45) is 5.92 Å². The van der Waals surface area contributed by atoms with Crippen LogP contribution in [-0.4, -0.2) is 11.9 Å². The summed E-state index contributed by atoms with van der Waals surface area (Å²) in [6.45, 7) is 0. The highest BCUT2D eigenvalue weighted by molar-refractivity contribution is 7.80. The Morgan fingerprint density at radius 3 is 2.89 bits per heavy atom. The molecule has 1 aliphatic rings. The molecule has 2 heteroatoms. The molecule has 0 aromatic carbocycles. The first-order valence-electron chi connectivity index (χ1n) is 3.26. The molecule has 0 amide bonds. The number of hydrogen-bond donors (Lipinski definition) is 1. The third-order valence-corrected chi connectivity index (χ3v) is 2.18. The van der Waals surface area contributed by atoms with Gasteiger partial charge in [0.15, 0.2) is 0 Å². The maximum atomic E-state index is 12.7. The average molecular weight is 146 g/mol. The van der Waals surface area contributed by atoms with Gasteiger partial charge in [0.05, 0.1) is 0 Å². The molecule has 0 saturated carbocycles. The first-order valence-corrected chi connectivity index (χ1v) is 3.89. The summed E-state index contributed by atoms with van der Waals surface area (Å²) in [5, 5.41) is 0. The second kappa shape index (κ2) is 3.25. The van der Waals surface area contributed by atoms with E-state index >= 15 is 0 Å². The lowest BCUT2D eigenvalue weighted by Crippen LogP contribution is -2.17. The molecule has 0 aliphatic heterocycles. The Morgan fingerprint density at radius 1 is 1.67 bits per heavy atom. The van der Waals surface area contributed by atoms with E-state index in [0.717, 1.165) is 12.8 Å². The Balaban J connectivity index is 2.44. The van der Waals surface area contributed by atoms with E-state index in [4.69, 9.17) is 0 Å². The average Bonchev–Trinajstić information content (AvgIpc) is 1.89. The summed E-state index contributed by atoms with van der Waals surface area (Å²) in [6.07, 6.45) is 4.79. The van der Waals surface area contributed by atoms with Crippen LogP contribution in [-0.2, 0) is 0 Å². The first kappa shape index (κ1) is 7.13. The highest BCUT2D eigenvalue weighted by atomic mass is 32.1. The van der Waals surface area contributed by atoms with E-state index in [0.29, 0.717) is 5.75 Å². The largest absolute Gasteiger partial charge is 0.243 e. The smallest absolute Gasteiger partial charge is 0.122 e. The molecular weight excluding hydrogens is 135 g/mol. The minimum Gasteiger partial charge on any atom is -0.243 e. The summed E-state index contributed by atoms with van der Waals surface area (Å²) in [7, 11) is 0. The highest BCUT2D eigenvalue weighted by Crippen LogP contribution is 2.22. The molecule has 0 N–H and O–H groups in total. The van der Waals surface area contributed by atoms with Gasteiger partial charge in [0.2, 0.25) is 0 Å². The fourth-order valence-corrected chi connectivity index (χ4v) is 1.43. The minimum absolute atomic E-state index is 0.165. The van der Waals surface area contributed by atoms with Gasteiger partial charge >= 0.3 is 0 Å². The predicted octanol–water partition coefficient (Wildman–Crippen LogP) is 2.22. The highest BCUT2D eigenvalue weighted by Gasteiger charge is 2.18. The van der Waals surface area contributed by atoms with Crippen LogP contribution < -0.4 is 0 Å². The van der Waals surface area contributed by atoms with Crippen LogP contribution in [0.2, 0.25) is 0 Å². The van der Waals surface area contributed by atoms with Crippen molar-refractivity contribution in [3.63, 3.8) is 0 Å². The second-order valence-corrected chi connectivity index (χ2v) is 2.76. The monoisotopic (exact) mass is 146 g/mol. The Bertz CT molecular complexity index is 111. The van der Waals surface area contributed by atoms with Gasteiger partial charge in [0.1, 0.15) is 6.17 Å². The number of thiol groups is 1. The van der Waals surface area contributed by atoms with Crippen LogP contribution in [0.5, 0.6) is 0 Å². The molecule has 0 radical (unpaired) electrons. The van der Waals surface area contributed by atoms with Crippen LogP contribution >= 0.6 is 12.6 Å². The molecule has 0 aromatic rings. The van der Waals surface area contributed by atoms with Crippen LogP contribution in [0.3, 0.4) is 0 Å². The Hall–Kier alpha value is 0.0200. The number of alkyl halides is 1. The van der Waals surface area contributed by atoms with Gasteiger partial charge in [-0.3, -0.25) is 0 Å². The molecule has 2 atom stereocenters. The number of halogens is 1. The van der Waals surface area contributed by atoms with Gasteiger partial charge in [-0.2, -0.15) is 12.6 Å². The lowest BCUT2D eigenvalue weighted by Gasteiger charge is -2.18. The van der Waals surface area contributed by atoms with Crippen molar-refractivity contribution in [1.82, 2.24) is 0 Å². The summed E-state index contributed by atoms with van der Waals surface area (Å²) in [4.78, 5) is 0. The molecule has 2 unspecified atom stereocenters. The van der Waals surface area contributed by atoms with Gasteiger partial charge in [-0.05, 0) is 18.6 Å². The van der Waals surface area contributed by atoms with Crippen molar-refractivity contribution in [1.29, 1.82) is 0 Å². The fraction of sp³-hybridized carbons (Fsp3) is 0.714. The van der Waals surface area contributed by atoms with Crippen LogP contribution in [0.15, 0.2) is 12.2 Å². The molecule has 0 aromatic heterocycles. The molecule has 0 fully saturated rings. The van der Waals surface area contributed by atoms with E-state index in [9.17, 15) is 4.39 Å². The maximum Gasteiger partial charge on any atom is 0.122 e. The van der Waals surface area contributed by atoms with Gasteiger partial charge in [0, 0.05) is 5.92 Å². The number of rotatable bonds is 1. The molecule has 1 rings (SSSR count). The standard InChI is InChI=1S/C7H11FS/c8-7-4-2-1-3-6(7)5-9/h2,4,6-7,9H,1,3,5H2. The first-order chi connectivity index (χ1) is 4.34. The van der Waals surface area contributed by atoms with E-state index < -0.39 is 6.17 Å². The molecule has 0 nitrogen and oxygen atoms in total. The van der Waals surface area contributed by atoms with Crippen molar-refractivity contribution < 1.29 is 4.39 Å². The van der Waals surface area contributed by atoms with Crippen molar-refractivity contribution in [3.05, 3.63) is 12.2 Å². The van der Waals surface area contributed by atoms with Crippen molar-refractivity contribution in [2.45, 2.75) is 19.0 Å². The quantitative estimate of drug-likeness (QED) is 0.425. The second-order valence-electron chi connectivity index (χ2n) is 2.39. The van der Waals surface area contributed by atoms with Gasteiger partial charge in [-0.1, -0.05) is 12.2 Å². The van der Waals surface area contributed by atoms with Crippen LogP contribution in [0.25, 0.3) is 0 Å². The minimum atomic E-state index is -0.740. The molecule has 52 valence electrons. The van der Waals surface area contributed by atoms with Crippen molar-refractivity contribution in [3.8, 4) is 0 Å².